The maximum absolute atomic E-state index is 13.3. The standard InChI is InChI=1S/C25H28N2O9/c1-13-11-26-17(12-35-15(3)29)21(13)23-20(34-5)10-19(33-4)22(14(2)28)24(23)36-25(30)16-8-6-7-9-18(16)27(31)32/h6-10,13,17,21,26H,11-12H2,1-5H3. The lowest BCUT2D eigenvalue weighted by atomic mass is 9.82. The van der Waals surface area contributed by atoms with Crippen LogP contribution in [0.1, 0.15) is 53.0 Å². The molecule has 0 saturated carbocycles. The van der Waals surface area contributed by atoms with Gasteiger partial charge in [-0.2, -0.15) is 0 Å². The molecule has 3 rings (SSSR count). The number of carbonyl (C=O) groups is 3. The summed E-state index contributed by atoms with van der Waals surface area (Å²) in [5, 5.41) is 14.8. The van der Waals surface area contributed by atoms with Gasteiger partial charge in [0.2, 0.25) is 0 Å². The Morgan fingerprint density at radius 2 is 1.78 bits per heavy atom. The quantitative estimate of drug-likeness (QED) is 0.179. The summed E-state index contributed by atoms with van der Waals surface area (Å²) in [6.07, 6.45) is 0. The van der Waals surface area contributed by atoms with Crippen LogP contribution >= 0.6 is 0 Å². The predicted molar refractivity (Wildman–Crippen MR) is 128 cm³/mol. The van der Waals surface area contributed by atoms with Crippen LogP contribution in [-0.4, -0.2) is 56.1 Å². The van der Waals surface area contributed by atoms with Gasteiger partial charge >= 0.3 is 11.9 Å². The van der Waals surface area contributed by atoms with E-state index in [0.29, 0.717) is 12.1 Å². The van der Waals surface area contributed by atoms with Crippen LogP contribution in [0.4, 0.5) is 5.69 Å². The van der Waals surface area contributed by atoms with Gasteiger partial charge in [-0.05, 0) is 25.5 Å². The third kappa shape index (κ3) is 5.30. The first-order chi connectivity index (χ1) is 17.1. The topological polar surface area (TPSA) is 143 Å². The van der Waals surface area contributed by atoms with Crippen LogP contribution in [0.15, 0.2) is 30.3 Å². The van der Waals surface area contributed by atoms with Gasteiger partial charge in [0.15, 0.2) is 11.5 Å². The van der Waals surface area contributed by atoms with Gasteiger partial charge in [-0.3, -0.25) is 19.7 Å². The van der Waals surface area contributed by atoms with Crippen molar-refractivity contribution in [2.24, 2.45) is 5.92 Å². The summed E-state index contributed by atoms with van der Waals surface area (Å²) in [6.45, 7) is 5.14. The van der Waals surface area contributed by atoms with Gasteiger partial charge in [-0.25, -0.2) is 4.79 Å². The second-order valence-corrected chi connectivity index (χ2v) is 8.44. The zero-order valence-corrected chi connectivity index (χ0v) is 20.7. The Balaban J connectivity index is 2.24. The van der Waals surface area contributed by atoms with Crippen molar-refractivity contribution in [3.8, 4) is 17.2 Å². The van der Waals surface area contributed by atoms with Crippen molar-refractivity contribution in [3.63, 3.8) is 0 Å². The fraction of sp³-hybridized carbons (Fsp3) is 0.400. The molecule has 1 heterocycles. The van der Waals surface area contributed by atoms with Crippen LogP contribution in [0.2, 0.25) is 0 Å². The number of nitro benzene ring substituents is 1. The fourth-order valence-corrected chi connectivity index (χ4v) is 4.51. The second-order valence-electron chi connectivity index (χ2n) is 8.44. The van der Waals surface area contributed by atoms with Crippen molar-refractivity contribution in [2.75, 3.05) is 27.4 Å². The Morgan fingerprint density at radius 3 is 2.36 bits per heavy atom. The molecule has 3 unspecified atom stereocenters. The van der Waals surface area contributed by atoms with E-state index in [1.807, 2.05) is 6.92 Å². The van der Waals surface area contributed by atoms with Crippen LogP contribution in [0.5, 0.6) is 17.2 Å². The number of hydrogen-bond donors (Lipinski definition) is 1. The smallest absolute Gasteiger partial charge is 0.350 e. The lowest BCUT2D eigenvalue weighted by Gasteiger charge is -2.28. The Bertz CT molecular complexity index is 1190. The van der Waals surface area contributed by atoms with E-state index in [2.05, 4.69) is 5.32 Å². The molecule has 1 saturated heterocycles. The highest BCUT2D eigenvalue weighted by Crippen LogP contribution is 2.48. The number of methoxy groups -OCH3 is 2. The minimum atomic E-state index is -1.02. The summed E-state index contributed by atoms with van der Waals surface area (Å²) in [5.74, 6) is -2.08. The third-order valence-corrected chi connectivity index (χ3v) is 6.10. The lowest BCUT2D eigenvalue weighted by Crippen LogP contribution is -2.33. The number of Topliss-reactive ketones (excluding diaryl/α,β-unsaturated/α-hetero) is 1. The number of benzene rings is 2. The van der Waals surface area contributed by atoms with E-state index in [1.165, 1.54) is 58.4 Å². The highest BCUT2D eigenvalue weighted by Gasteiger charge is 2.41. The van der Waals surface area contributed by atoms with Crippen molar-refractivity contribution >= 4 is 23.4 Å². The summed E-state index contributed by atoms with van der Waals surface area (Å²) < 4.78 is 22.0. The summed E-state index contributed by atoms with van der Waals surface area (Å²) in [6, 6.07) is 6.51. The molecule has 0 spiro atoms. The van der Waals surface area contributed by atoms with Crippen molar-refractivity contribution in [1.29, 1.82) is 0 Å². The van der Waals surface area contributed by atoms with Crippen molar-refractivity contribution in [1.82, 2.24) is 5.32 Å². The Kier molecular flexibility index (Phi) is 8.25. The maximum Gasteiger partial charge on any atom is 0.350 e. The number of nitrogens with one attached hydrogen (secondary N) is 1. The van der Waals surface area contributed by atoms with Gasteiger partial charge in [-0.1, -0.05) is 19.1 Å². The number of rotatable bonds is 9. The van der Waals surface area contributed by atoms with Crippen molar-refractivity contribution < 1.29 is 38.3 Å². The largest absolute Gasteiger partial charge is 0.496 e. The first-order valence-electron chi connectivity index (χ1n) is 11.2. The molecule has 0 amide bonds. The van der Waals surface area contributed by atoms with Gasteiger partial charge < -0.3 is 24.3 Å². The molecule has 1 aliphatic rings. The van der Waals surface area contributed by atoms with Gasteiger partial charge in [0, 0.05) is 36.6 Å². The number of nitro groups is 1. The fourth-order valence-electron chi connectivity index (χ4n) is 4.51. The minimum absolute atomic E-state index is 0.00873. The molecule has 11 nitrogen and oxygen atoms in total. The monoisotopic (exact) mass is 500 g/mol. The molecule has 0 aliphatic carbocycles. The zero-order chi connectivity index (χ0) is 26.6. The predicted octanol–water partition coefficient (Wildman–Crippen LogP) is 3.29. The Hall–Kier alpha value is -3.99. The SMILES string of the molecule is COc1cc(OC)c(C2C(C)CNC2COC(C)=O)c(OC(=O)c2ccccc2[N+](=O)[O-])c1C(C)=O. The van der Waals surface area contributed by atoms with Crippen LogP contribution in [0.25, 0.3) is 0 Å². The molecule has 2 aromatic rings. The first kappa shape index (κ1) is 26.6. The number of esters is 2. The molecule has 3 atom stereocenters. The number of hydrogen-bond acceptors (Lipinski definition) is 10. The molecule has 0 aromatic heterocycles. The van der Waals surface area contributed by atoms with Gasteiger partial charge in [0.25, 0.3) is 5.69 Å². The molecule has 36 heavy (non-hydrogen) atoms. The van der Waals surface area contributed by atoms with Gasteiger partial charge in [0.05, 0.1) is 19.1 Å². The van der Waals surface area contributed by atoms with Crippen LogP contribution in [-0.2, 0) is 9.53 Å². The number of ketones is 1. The van der Waals surface area contributed by atoms with Crippen LogP contribution < -0.4 is 19.5 Å². The number of ether oxygens (including phenoxy) is 4. The summed E-state index contributed by atoms with van der Waals surface area (Å²) in [5.41, 5.74) is -0.332. The van der Waals surface area contributed by atoms with Gasteiger partial charge in [0.1, 0.15) is 29.2 Å². The number of nitrogens with zero attached hydrogens (tertiary/aromatic N) is 1. The Labute approximate surface area is 207 Å². The molecule has 1 aliphatic heterocycles. The Morgan fingerprint density at radius 1 is 1.11 bits per heavy atom. The second kappa shape index (κ2) is 11.2. The average molecular weight is 501 g/mol. The van der Waals surface area contributed by atoms with Crippen molar-refractivity contribution in [3.05, 3.63) is 57.1 Å². The zero-order valence-electron chi connectivity index (χ0n) is 20.7. The number of para-hydroxylation sites is 1. The molecule has 11 heteroatoms. The van der Waals surface area contributed by atoms with Crippen LogP contribution in [0, 0.1) is 16.0 Å². The summed E-state index contributed by atoms with van der Waals surface area (Å²) >= 11 is 0. The van der Waals surface area contributed by atoms with E-state index >= 15 is 0 Å². The molecular weight excluding hydrogens is 472 g/mol. The van der Waals surface area contributed by atoms with E-state index in [9.17, 15) is 24.5 Å². The third-order valence-electron chi connectivity index (χ3n) is 6.10. The first-order valence-corrected chi connectivity index (χ1v) is 11.2. The molecule has 2 aromatic carbocycles. The van der Waals surface area contributed by atoms with E-state index in [4.69, 9.17) is 18.9 Å². The van der Waals surface area contributed by atoms with E-state index < -0.39 is 34.3 Å². The summed E-state index contributed by atoms with van der Waals surface area (Å²) in [4.78, 5) is 48.3. The average Bonchev–Trinajstić information content (AvgIpc) is 3.21. The van der Waals surface area contributed by atoms with Crippen LogP contribution in [0.3, 0.4) is 0 Å². The molecule has 0 bridgehead atoms. The summed E-state index contributed by atoms with van der Waals surface area (Å²) in [7, 11) is 2.78. The van der Waals surface area contributed by atoms with Crippen molar-refractivity contribution in [2.45, 2.75) is 32.7 Å². The lowest BCUT2D eigenvalue weighted by molar-refractivity contribution is -0.385. The highest BCUT2D eigenvalue weighted by atomic mass is 16.6. The normalized spacial score (nSPS) is 18.9. The molecule has 1 N–H and O–H groups in total. The van der Waals surface area contributed by atoms with E-state index in [-0.39, 0.29) is 46.9 Å². The molecule has 192 valence electrons. The van der Waals surface area contributed by atoms with Gasteiger partial charge in [-0.15, -0.1) is 0 Å². The maximum atomic E-state index is 13.3. The molecule has 1 fully saturated rings. The number of carbonyl (C=O) groups excluding carboxylic acids is 3. The van der Waals surface area contributed by atoms with E-state index in [1.54, 1.807) is 0 Å². The minimum Gasteiger partial charge on any atom is -0.496 e. The molecule has 0 radical (unpaired) electrons. The van der Waals surface area contributed by atoms with E-state index in [0.717, 1.165) is 0 Å². The molecular formula is C25H28N2O9. The highest BCUT2D eigenvalue weighted by molar-refractivity contribution is 6.03.